The number of thioether (sulfide) groups is 1. The third-order valence-electron chi connectivity index (χ3n) is 2.28. The predicted octanol–water partition coefficient (Wildman–Crippen LogP) is 3.81. The molecule has 1 aromatic carbocycles. The first kappa shape index (κ1) is 12.2. The molecule has 0 amide bonds. The maximum atomic E-state index is 8.68. The van der Waals surface area contributed by atoms with Crippen molar-refractivity contribution in [1.29, 1.82) is 5.26 Å². The Bertz CT molecular complexity index is 526. The molecule has 2 nitrogen and oxygen atoms in total. The number of hydrogen-bond acceptors (Lipinski definition) is 4. The molecule has 0 bridgehead atoms. The summed E-state index contributed by atoms with van der Waals surface area (Å²) in [4.78, 5) is 6.84. The summed E-state index contributed by atoms with van der Waals surface area (Å²) in [6, 6.07) is 12.5. The average Bonchev–Trinajstić information content (AvgIpc) is 2.70. The molecule has 0 fully saturated rings. The standard InChI is InChI=1S/C13H12N2S2/c1-10-12(7-8-14)17-13(15-10)9-16-11-5-3-2-4-6-11/h2-6H,7,9H2,1H3. The minimum Gasteiger partial charge on any atom is -0.245 e. The molecule has 0 aliphatic rings. The first-order valence-electron chi connectivity index (χ1n) is 5.29. The van der Waals surface area contributed by atoms with E-state index >= 15 is 0 Å². The summed E-state index contributed by atoms with van der Waals surface area (Å²) in [5.74, 6) is 0.876. The Kier molecular flexibility index (Phi) is 4.18. The molecule has 1 aromatic heterocycles. The molecule has 2 aromatic rings. The summed E-state index contributed by atoms with van der Waals surface area (Å²) < 4.78 is 0. The molecule has 4 heteroatoms. The number of nitrogens with zero attached hydrogens (tertiary/aromatic N) is 2. The summed E-state index contributed by atoms with van der Waals surface area (Å²) in [5.41, 5.74) is 1.00. The molecular formula is C13H12N2S2. The fraction of sp³-hybridized carbons (Fsp3) is 0.231. The van der Waals surface area contributed by atoms with Gasteiger partial charge < -0.3 is 0 Å². The number of aromatic nitrogens is 1. The van der Waals surface area contributed by atoms with Gasteiger partial charge in [0.25, 0.3) is 0 Å². The van der Waals surface area contributed by atoms with Gasteiger partial charge in [-0.15, -0.1) is 23.1 Å². The maximum absolute atomic E-state index is 8.68. The maximum Gasteiger partial charge on any atom is 0.103 e. The highest BCUT2D eigenvalue weighted by molar-refractivity contribution is 7.98. The number of benzene rings is 1. The number of hydrogen-bond donors (Lipinski definition) is 0. The van der Waals surface area contributed by atoms with Crippen LogP contribution in [0.25, 0.3) is 0 Å². The molecule has 0 unspecified atom stereocenters. The van der Waals surface area contributed by atoms with Gasteiger partial charge in [0, 0.05) is 9.77 Å². The molecule has 0 saturated carbocycles. The molecular weight excluding hydrogens is 248 g/mol. The van der Waals surface area contributed by atoms with Crippen molar-refractivity contribution in [2.75, 3.05) is 0 Å². The lowest BCUT2D eigenvalue weighted by molar-refractivity contribution is 1.14. The Hall–Kier alpha value is -1.31. The number of rotatable bonds is 4. The fourth-order valence-corrected chi connectivity index (χ4v) is 3.36. The predicted molar refractivity (Wildman–Crippen MR) is 72.2 cm³/mol. The first-order chi connectivity index (χ1) is 8.29. The summed E-state index contributed by atoms with van der Waals surface area (Å²) in [5, 5.41) is 9.78. The zero-order valence-electron chi connectivity index (χ0n) is 9.51. The molecule has 0 spiro atoms. The van der Waals surface area contributed by atoms with E-state index in [-0.39, 0.29) is 0 Å². The molecule has 0 saturated heterocycles. The highest BCUT2D eigenvalue weighted by atomic mass is 32.2. The van der Waals surface area contributed by atoms with E-state index in [1.165, 1.54) is 4.90 Å². The largest absolute Gasteiger partial charge is 0.245 e. The average molecular weight is 260 g/mol. The van der Waals surface area contributed by atoms with Crippen molar-refractivity contribution in [3.8, 4) is 6.07 Å². The van der Waals surface area contributed by atoms with E-state index in [0.717, 1.165) is 21.3 Å². The monoisotopic (exact) mass is 260 g/mol. The zero-order valence-corrected chi connectivity index (χ0v) is 11.1. The van der Waals surface area contributed by atoms with Crippen LogP contribution in [0.15, 0.2) is 35.2 Å². The normalized spacial score (nSPS) is 10.1. The van der Waals surface area contributed by atoms with Crippen molar-refractivity contribution in [2.24, 2.45) is 0 Å². The van der Waals surface area contributed by atoms with Gasteiger partial charge in [0.2, 0.25) is 0 Å². The fourth-order valence-electron chi connectivity index (χ4n) is 1.45. The van der Waals surface area contributed by atoms with E-state index in [1.54, 1.807) is 23.1 Å². The molecule has 0 atom stereocenters. The van der Waals surface area contributed by atoms with Crippen LogP contribution in [0.4, 0.5) is 0 Å². The summed E-state index contributed by atoms with van der Waals surface area (Å²) in [7, 11) is 0. The lowest BCUT2D eigenvalue weighted by Gasteiger charge is -1.97. The van der Waals surface area contributed by atoms with Crippen LogP contribution < -0.4 is 0 Å². The van der Waals surface area contributed by atoms with Crippen molar-refractivity contribution in [3.63, 3.8) is 0 Å². The summed E-state index contributed by atoms with van der Waals surface area (Å²) in [6.07, 6.45) is 0.472. The lowest BCUT2D eigenvalue weighted by atomic mass is 10.3. The van der Waals surface area contributed by atoms with Crippen molar-refractivity contribution in [1.82, 2.24) is 4.98 Å². The Morgan fingerprint density at radius 3 is 2.82 bits per heavy atom. The summed E-state index contributed by atoms with van der Waals surface area (Å²) >= 11 is 3.43. The first-order valence-corrected chi connectivity index (χ1v) is 7.10. The smallest absolute Gasteiger partial charge is 0.103 e. The Labute approximate surface area is 109 Å². The van der Waals surface area contributed by atoms with Gasteiger partial charge in [0.1, 0.15) is 5.01 Å². The van der Waals surface area contributed by atoms with Crippen LogP contribution in [0.2, 0.25) is 0 Å². The van der Waals surface area contributed by atoms with Crippen molar-refractivity contribution in [2.45, 2.75) is 24.0 Å². The minimum atomic E-state index is 0.472. The molecule has 1 heterocycles. The van der Waals surface area contributed by atoms with E-state index in [4.69, 9.17) is 5.26 Å². The van der Waals surface area contributed by atoms with E-state index in [1.807, 2.05) is 25.1 Å². The van der Waals surface area contributed by atoms with Crippen molar-refractivity contribution >= 4 is 23.1 Å². The van der Waals surface area contributed by atoms with Crippen molar-refractivity contribution < 1.29 is 0 Å². The molecule has 86 valence electrons. The second-order valence-electron chi connectivity index (χ2n) is 3.55. The third-order valence-corrected chi connectivity index (χ3v) is 4.65. The van der Waals surface area contributed by atoms with Crippen LogP contribution in [0.5, 0.6) is 0 Å². The highest BCUT2D eigenvalue weighted by Crippen LogP contribution is 2.26. The Balaban J connectivity index is 2.00. The van der Waals surface area contributed by atoms with E-state index in [9.17, 15) is 0 Å². The van der Waals surface area contributed by atoms with Crippen molar-refractivity contribution in [3.05, 3.63) is 45.9 Å². The van der Waals surface area contributed by atoms with E-state index < -0.39 is 0 Å². The van der Waals surface area contributed by atoms with Crippen LogP contribution in [-0.2, 0) is 12.2 Å². The van der Waals surface area contributed by atoms with Crippen LogP contribution in [-0.4, -0.2) is 4.98 Å². The minimum absolute atomic E-state index is 0.472. The van der Waals surface area contributed by atoms with Crippen LogP contribution in [0.1, 0.15) is 15.6 Å². The van der Waals surface area contributed by atoms with Gasteiger partial charge >= 0.3 is 0 Å². The molecule has 0 radical (unpaired) electrons. The van der Waals surface area contributed by atoms with Gasteiger partial charge in [-0.25, -0.2) is 4.98 Å². The van der Waals surface area contributed by atoms with Gasteiger partial charge in [-0.3, -0.25) is 0 Å². The van der Waals surface area contributed by atoms with Gasteiger partial charge in [-0.2, -0.15) is 5.26 Å². The summed E-state index contributed by atoms with van der Waals surface area (Å²) in [6.45, 7) is 1.97. The Morgan fingerprint density at radius 2 is 2.12 bits per heavy atom. The van der Waals surface area contributed by atoms with E-state index in [2.05, 4.69) is 23.2 Å². The molecule has 17 heavy (non-hydrogen) atoms. The SMILES string of the molecule is Cc1nc(CSc2ccccc2)sc1CC#N. The van der Waals surface area contributed by atoms with Crippen LogP contribution in [0.3, 0.4) is 0 Å². The quantitative estimate of drug-likeness (QED) is 0.784. The molecule has 0 aliphatic carbocycles. The van der Waals surface area contributed by atoms with Crippen LogP contribution in [0, 0.1) is 18.3 Å². The number of thiazole rings is 1. The van der Waals surface area contributed by atoms with Gasteiger partial charge in [-0.1, -0.05) is 18.2 Å². The second-order valence-corrected chi connectivity index (χ2v) is 5.77. The van der Waals surface area contributed by atoms with Crippen LogP contribution >= 0.6 is 23.1 Å². The van der Waals surface area contributed by atoms with Gasteiger partial charge in [0.15, 0.2) is 0 Å². The lowest BCUT2D eigenvalue weighted by Crippen LogP contribution is -1.81. The Morgan fingerprint density at radius 1 is 1.35 bits per heavy atom. The van der Waals surface area contributed by atoms with Gasteiger partial charge in [0.05, 0.1) is 23.9 Å². The number of aryl methyl sites for hydroxylation is 1. The molecule has 0 aliphatic heterocycles. The topological polar surface area (TPSA) is 36.7 Å². The molecule has 0 N–H and O–H groups in total. The third kappa shape index (κ3) is 3.32. The zero-order chi connectivity index (χ0) is 12.1. The molecule has 2 rings (SSSR count). The second kappa shape index (κ2) is 5.85. The van der Waals surface area contributed by atoms with E-state index in [0.29, 0.717) is 6.42 Å². The van der Waals surface area contributed by atoms with Gasteiger partial charge in [-0.05, 0) is 19.1 Å². The highest BCUT2D eigenvalue weighted by Gasteiger charge is 2.07. The number of nitriles is 1.